The first kappa shape index (κ1) is 24.1. The Hall–Kier alpha value is -2.53. The van der Waals surface area contributed by atoms with E-state index < -0.39 is 0 Å². The van der Waals surface area contributed by atoms with Crippen molar-refractivity contribution in [1.29, 1.82) is 0 Å². The number of aromatic nitrogens is 2. The molecule has 2 aromatic carbocycles. The van der Waals surface area contributed by atoms with E-state index in [9.17, 15) is 0 Å². The van der Waals surface area contributed by atoms with Crippen molar-refractivity contribution in [3.63, 3.8) is 0 Å². The molecule has 168 valence electrons. The monoisotopic (exact) mass is 448 g/mol. The number of fused-ring (bicyclic) bond motifs is 1. The molecular weight excluding hydrogens is 416 g/mol. The standard InChI is InChI=1S/C27H33ClN4/c1-4-32(5-2)25(18-15-20(3)29)27-23-17-16-22(28)19-24(23)30-26(31-27)14-10-9-13-21-11-7-6-8-12-21/h6-14,16-17,19-20,25H,4-5,15,18,29H2,1-3H3. The highest BCUT2D eigenvalue weighted by atomic mass is 35.5. The second kappa shape index (κ2) is 11.9. The molecule has 32 heavy (non-hydrogen) atoms. The summed E-state index contributed by atoms with van der Waals surface area (Å²) in [4.78, 5) is 12.2. The molecule has 0 saturated carbocycles. The summed E-state index contributed by atoms with van der Waals surface area (Å²) in [7, 11) is 0. The molecule has 0 radical (unpaired) electrons. The van der Waals surface area contributed by atoms with Crippen LogP contribution >= 0.6 is 11.6 Å². The number of allylic oxidation sites excluding steroid dienone is 2. The fourth-order valence-corrected chi connectivity index (χ4v) is 4.09. The maximum absolute atomic E-state index is 6.30. The predicted molar refractivity (Wildman–Crippen MR) is 138 cm³/mol. The van der Waals surface area contributed by atoms with Crippen LogP contribution in [0.2, 0.25) is 5.02 Å². The lowest BCUT2D eigenvalue weighted by Gasteiger charge is -2.30. The molecular formula is C27H33ClN4. The molecule has 0 amide bonds. The molecule has 0 aliphatic rings. The van der Waals surface area contributed by atoms with Crippen LogP contribution in [-0.4, -0.2) is 34.0 Å². The second-order valence-corrected chi connectivity index (χ2v) is 8.49. The van der Waals surface area contributed by atoms with E-state index in [1.165, 1.54) is 0 Å². The van der Waals surface area contributed by atoms with Crippen molar-refractivity contribution in [1.82, 2.24) is 14.9 Å². The molecule has 1 heterocycles. The predicted octanol–water partition coefficient (Wildman–Crippen LogP) is 6.52. The van der Waals surface area contributed by atoms with E-state index in [-0.39, 0.29) is 12.1 Å². The van der Waals surface area contributed by atoms with Gasteiger partial charge < -0.3 is 5.73 Å². The molecule has 0 bridgehead atoms. The Bertz CT molecular complexity index is 1060. The normalized spacial score (nSPS) is 14.1. The molecule has 3 rings (SSSR count). The highest BCUT2D eigenvalue weighted by Crippen LogP contribution is 2.31. The van der Waals surface area contributed by atoms with Crippen LogP contribution in [-0.2, 0) is 0 Å². The van der Waals surface area contributed by atoms with Crippen LogP contribution in [0.25, 0.3) is 23.1 Å². The molecule has 0 aliphatic heterocycles. The summed E-state index contributed by atoms with van der Waals surface area (Å²) in [5.41, 5.74) is 9.17. The van der Waals surface area contributed by atoms with Gasteiger partial charge in [0.2, 0.25) is 0 Å². The quantitative estimate of drug-likeness (QED) is 0.358. The maximum Gasteiger partial charge on any atom is 0.152 e. The zero-order chi connectivity index (χ0) is 22.9. The largest absolute Gasteiger partial charge is 0.328 e. The summed E-state index contributed by atoms with van der Waals surface area (Å²) >= 11 is 6.30. The summed E-state index contributed by atoms with van der Waals surface area (Å²) in [6.45, 7) is 8.34. The van der Waals surface area contributed by atoms with Gasteiger partial charge >= 0.3 is 0 Å². The lowest BCUT2D eigenvalue weighted by Crippen LogP contribution is -2.31. The van der Waals surface area contributed by atoms with E-state index in [0.29, 0.717) is 10.8 Å². The molecule has 0 saturated heterocycles. The smallest absolute Gasteiger partial charge is 0.152 e. The zero-order valence-corrected chi connectivity index (χ0v) is 20.0. The summed E-state index contributed by atoms with van der Waals surface area (Å²) in [6, 6.07) is 16.4. The van der Waals surface area contributed by atoms with E-state index in [1.807, 2.05) is 54.6 Å². The van der Waals surface area contributed by atoms with Crippen LogP contribution in [0.15, 0.2) is 60.7 Å². The minimum atomic E-state index is 0.151. The first-order chi connectivity index (χ1) is 15.5. The minimum absolute atomic E-state index is 0.151. The fourth-order valence-electron chi connectivity index (χ4n) is 3.92. The molecule has 0 fully saturated rings. The lowest BCUT2D eigenvalue weighted by atomic mass is 9.99. The molecule has 0 aliphatic carbocycles. The SMILES string of the molecule is CCN(CC)C(CCC(C)N)c1nc(C=CC=Cc2ccccc2)nc2cc(Cl)ccc12. The molecule has 4 nitrogen and oxygen atoms in total. The Balaban J connectivity index is 2.01. The van der Waals surface area contributed by atoms with Crippen LogP contribution in [0.5, 0.6) is 0 Å². The number of hydrogen-bond donors (Lipinski definition) is 1. The average Bonchev–Trinajstić information content (AvgIpc) is 2.79. The van der Waals surface area contributed by atoms with Gasteiger partial charge in [-0.1, -0.05) is 74.0 Å². The average molecular weight is 449 g/mol. The van der Waals surface area contributed by atoms with E-state index in [0.717, 1.165) is 48.1 Å². The number of nitrogens with two attached hydrogens (primary N) is 1. The van der Waals surface area contributed by atoms with E-state index in [2.05, 4.69) is 43.9 Å². The van der Waals surface area contributed by atoms with Gasteiger partial charge in [-0.05, 0) is 62.7 Å². The van der Waals surface area contributed by atoms with Gasteiger partial charge in [0, 0.05) is 16.5 Å². The Morgan fingerprint density at radius 1 is 0.969 bits per heavy atom. The van der Waals surface area contributed by atoms with Crippen molar-refractivity contribution in [2.24, 2.45) is 5.73 Å². The number of rotatable bonds is 10. The fraction of sp³-hybridized carbons (Fsp3) is 0.333. The van der Waals surface area contributed by atoms with Gasteiger partial charge in [0.15, 0.2) is 5.82 Å². The molecule has 3 aromatic rings. The number of hydrogen-bond acceptors (Lipinski definition) is 4. The highest BCUT2D eigenvalue weighted by Gasteiger charge is 2.23. The van der Waals surface area contributed by atoms with Gasteiger partial charge in [0.05, 0.1) is 17.3 Å². The molecule has 0 spiro atoms. The summed E-state index contributed by atoms with van der Waals surface area (Å²) in [5, 5.41) is 1.73. The topological polar surface area (TPSA) is 55.0 Å². The van der Waals surface area contributed by atoms with E-state index in [4.69, 9.17) is 27.3 Å². The van der Waals surface area contributed by atoms with Gasteiger partial charge in [-0.15, -0.1) is 0 Å². The Morgan fingerprint density at radius 3 is 2.38 bits per heavy atom. The third kappa shape index (κ3) is 6.49. The van der Waals surface area contributed by atoms with Crippen molar-refractivity contribution in [3.05, 3.63) is 82.8 Å². The molecule has 2 unspecified atom stereocenters. The number of nitrogens with zero attached hydrogens (tertiary/aromatic N) is 3. The maximum atomic E-state index is 6.30. The van der Waals surface area contributed by atoms with Gasteiger partial charge in [-0.3, -0.25) is 4.90 Å². The van der Waals surface area contributed by atoms with Crippen molar-refractivity contribution >= 4 is 34.7 Å². The van der Waals surface area contributed by atoms with Crippen molar-refractivity contribution < 1.29 is 0 Å². The number of benzene rings is 2. The molecule has 2 N–H and O–H groups in total. The first-order valence-electron chi connectivity index (χ1n) is 11.4. The van der Waals surface area contributed by atoms with Crippen molar-refractivity contribution in [3.8, 4) is 0 Å². The van der Waals surface area contributed by atoms with Crippen LogP contribution < -0.4 is 5.73 Å². The van der Waals surface area contributed by atoms with Crippen LogP contribution in [0.4, 0.5) is 0 Å². The first-order valence-corrected chi connectivity index (χ1v) is 11.8. The second-order valence-electron chi connectivity index (χ2n) is 8.05. The van der Waals surface area contributed by atoms with Crippen molar-refractivity contribution in [2.75, 3.05) is 13.1 Å². The van der Waals surface area contributed by atoms with Crippen LogP contribution in [0, 0.1) is 0 Å². The van der Waals surface area contributed by atoms with Gasteiger partial charge in [0.25, 0.3) is 0 Å². The van der Waals surface area contributed by atoms with Gasteiger partial charge in [-0.25, -0.2) is 9.97 Å². The van der Waals surface area contributed by atoms with E-state index in [1.54, 1.807) is 0 Å². The van der Waals surface area contributed by atoms with Gasteiger partial charge in [0.1, 0.15) is 0 Å². The molecule has 5 heteroatoms. The number of halogens is 1. The van der Waals surface area contributed by atoms with Crippen LogP contribution in [0.1, 0.15) is 56.7 Å². The summed E-state index contributed by atoms with van der Waals surface area (Å²) in [6.07, 6.45) is 9.90. The van der Waals surface area contributed by atoms with Crippen molar-refractivity contribution in [2.45, 2.75) is 45.7 Å². The molecule has 1 aromatic heterocycles. The zero-order valence-electron chi connectivity index (χ0n) is 19.2. The molecule has 2 atom stereocenters. The Labute approximate surface area is 196 Å². The summed E-state index contributed by atoms with van der Waals surface area (Å²) in [5.74, 6) is 0.686. The Kier molecular flexibility index (Phi) is 8.98. The Morgan fingerprint density at radius 2 is 1.69 bits per heavy atom. The minimum Gasteiger partial charge on any atom is -0.328 e. The third-order valence-corrected chi connectivity index (χ3v) is 5.85. The highest BCUT2D eigenvalue weighted by molar-refractivity contribution is 6.31. The summed E-state index contributed by atoms with van der Waals surface area (Å²) < 4.78 is 0. The van der Waals surface area contributed by atoms with Gasteiger partial charge in [-0.2, -0.15) is 0 Å². The third-order valence-electron chi connectivity index (χ3n) is 5.61. The van der Waals surface area contributed by atoms with Crippen LogP contribution in [0.3, 0.4) is 0 Å². The van der Waals surface area contributed by atoms with E-state index >= 15 is 0 Å². The lowest BCUT2D eigenvalue weighted by molar-refractivity contribution is 0.200.